The Morgan fingerprint density at radius 2 is 1.94 bits per heavy atom. The summed E-state index contributed by atoms with van der Waals surface area (Å²) in [5.74, 6) is 1.76. The molecule has 10 heteroatoms. The summed E-state index contributed by atoms with van der Waals surface area (Å²) in [4.78, 5) is 11.3. The average Bonchev–Trinajstić information content (AvgIpc) is 3.27. The van der Waals surface area contributed by atoms with Crippen LogP contribution in [0.3, 0.4) is 0 Å². The molecule has 2 aromatic carbocycles. The highest BCUT2D eigenvalue weighted by Crippen LogP contribution is 2.29. The first-order valence-corrected chi connectivity index (χ1v) is 10.4. The van der Waals surface area contributed by atoms with Crippen molar-refractivity contribution in [1.82, 2.24) is 25.1 Å². The van der Waals surface area contributed by atoms with Gasteiger partial charge in [0.15, 0.2) is 0 Å². The van der Waals surface area contributed by atoms with Gasteiger partial charge in [0, 0.05) is 23.7 Å². The van der Waals surface area contributed by atoms with E-state index in [1.165, 1.54) is 11.3 Å². The number of nitrogens with zero attached hydrogens (tertiary/aromatic N) is 6. The SMILES string of the molecule is CN(C)CCOc1ccc2c(Nc3nncs3)nc(Nc3ccc(C#N)cc3)nc2c1. The molecule has 0 aliphatic carbocycles. The summed E-state index contributed by atoms with van der Waals surface area (Å²) >= 11 is 1.38. The molecule has 31 heavy (non-hydrogen) atoms. The first-order chi connectivity index (χ1) is 15.1. The average molecular weight is 433 g/mol. The summed E-state index contributed by atoms with van der Waals surface area (Å²) in [6.07, 6.45) is 0. The summed E-state index contributed by atoms with van der Waals surface area (Å²) in [6, 6.07) is 14.9. The Bertz CT molecular complexity index is 1200. The Hall–Kier alpha value is -3.81. The molecule has 0 fully saturated rings. The molecule has 0 unspecified atom stereocenters. The van der Waals surface area contributed by atoms with Crippen molar-refractivity contribution in [1.29, 1.82) is 5.26 Å². The van der Waals surface area contributed by atoms with Gasteiger partial charge in [-0.25, -0.2) is 4.98 Å². The van der Waals surface area contributed by atoms with Crippen LogP contribution >= 0.6 is 11.3 Å². The fourth-order valence-corrected chi connectivity index (χ4v) is 3.23. The number of hydrogen-bond donors (Lipinski definition) is 2. The third kappa shape index (κ3) is 5.22. The number of rotatable bonds is 8. The summed E-state index contributed by atoms with van der Waals surface area (Å²) in [6.45, 7) is 1.40. The predicted octanol–water partition coefficient (Wildman–Crippen LogP) is 3.78. The number of anilines is 4. The molecule has 0 amide bonds. The molecular weight excluding hydrogens is 412 g/mol. The minimum absolute atomic E-state index is 0.412. The maximum absolute atomic E-state index is 8.99. The topological polar surface area (TPSA) is 112 Å². The van der Waals surface area contributed by atoms with Gasteiger partial charge in [0.1, 0.15) is 23.7 Å². The predicted molar refractivity (Wildman–Crippen MR) is 121 cm³/mol. The molecule has 0 spiro atoms. The van der Waals surface area contributed by atoms with Crippen molar-refractivity contribution in [3.8, 4) is 11.8 Å². The van der Waals surface area contributed by atoms with E-state index in [1.54, 1.807) is 17.6 Å². The molecule has 4 aromatic rings. The molecule has 0 aliphatic rings. The molecular formula is C21H20N8OS. The second-order valence-electron chi connectivity index (χ2n) is 6.91. The van der Waals surface area contributed by atoms with Crippen LogP contribution in [-0.2, 0) is 0 Å². The third-order valence-electron chi connectivity index (χ3n) is 4.33. The van der Waals surface area contributed by atoms with Crippen molar-refractivity contribution >= 4 is 44.8 Å². The van der Waals surface area contributed by atoms with E-state index < -0.39 is 0 Å². The molecule has 0 saturated heterocycles. The minimum atomic E-state index is 0.412. The molecule has 0 atom stereocenters. The highest BCUT2D eigenvalue weighted by atomic mass is 32.1. The molecule has 0 aliphatic heterocycles. The van der Waals surface area contributed by atoms with Crippen molar-refractivity contribution < 1.29 is 4.74 Å². The number of fused-ring (bicyclic) bond motifs is 1. The van der Waals surface area contributed by atoms with Gasteiger partial charge in [0.05, 0.1) is 17.1 Å². The first-order valence-electron chi connectivity index (χ1n) is 9.50. The number of nitrogens with one attached hydrogen (secondary N) is 2. The highest BCUT2D eigenvalue weighted by molar-refractivity contribution is 7.13. The van der Waals surface area contributed by atoms with Gasteiger partial charge in [0.25, 0.3) is 0 Å². The van der Waals surface area contributed by atoms with Gasteiger partial charge >= 0.3 is 0 Å². The Labute approximate surface area is 183 Å². The van der Waals surface area contributed by atoms with Crippen LogP contribution < -0.4 is 15.4 Å². The first kappa shape index (κ1) is 20.5. The molecule has 156 valence electrons. The van der Waals surface area contributed by atoms with Crippen LogP contribution in [0.2, 0.25) is 0 Å². The number of likely N-dealkylation sites (N-methyl/N-ethyl adjacent to an activating group) is 1. The van der Waals surface area contributed by atoms with Crippen LogP contribution in [0.1, 0.15) is 5.56 Å². The van der Waals surface area contributed by atoms with Gasteiger partial charge in [0.2, 0.25) is 11.1 Å². The Morgan fingerprint density at radius 1 is 1.10 bits per heavy atom. The van der Waals surface area contributed by atoms with Crippen molar-refractivity contribution in [3.05, 3.63) is 53.5 Å². The molecule has 0 radical (unpaired) electrons. The normalized spacial score (nSPS) is 10.8. The summed E-state index contributed by atoms with van der Waals surface area (Å²) in [7, 11) is 4.01. The summed E-state index contributed by atoms with van der Waals surface area (Å²) in [5, 5.41) is 24.8. The maximum atomic E-state index is 8.99. The minimum Gasteiger partial charge on any atom is -0.492 e. The van der Waals surface area contributed by atoms with Gasteiger partial charge in [-0.3, -0.25) is 0 Å². The second kappa shape index (κ2) is 9.34. The van der Waals surface area contributed by atoms with Crippen LogP contribution in [0, 0.1) is 11.3 Å². The zero-order chi connectivity index (χ0) is 21.6. The monoisotopic (exact) mass is 432 g/mol. The fourth-order valence-electron chi connectivity index (χ4n) is 2.78. The van der Waals surface area contributed by atoms with Crippen LogP contribution in [0.4, 0.5) is 22.6 Å². The standard InChI is InChI=1S/C21H20N8OS/c1-29(2)9-10-30-16-7-8-17-18(11-16)25-20(24-15-5-3-14(12-22)4-6-15)26-19(17)27-21-28-23-13-31-21/h3-8,11,13H,9-10H2,1-2H3,(H2,24,25,26,27,28). The summed E-state index contributed by atoms with van der Waals surface area (Å²) in [5.41, 5.74) is 3.74. The van der Waals surface area contributed by atoms with Crippen molar-refractivity contribution in [3.63, 3.8) is 0 Å². The molecule has 2 aromatic heterocycles. The van der Waals surface area contributed by atoms with Crippen LogP contribution in [0.5, 0.6) is 5.75 Å². The van der Waals surface area contributed by atoms with Crippen molar-refractivity contribution in [2.45, 2.75) is 0 Å². The number of hydrogen-bond acceptors (Lipinski definition) is 10. The number of benzene rings is 2. The van der Waals surface area contributed by atoms with E-state index in [4.69, 9.17) is 10.00 Å². The largest absolute Gasteiger partial charge is 0.492 e. The van der Waals surface area contributed by atoms with Crippen molar-refractivity contribution in [2.24, 2.45) is 0 Å². The number of ether oxygens (including phenoxy) is 1. The second-order valence-corrected chi connectivity index (χ2v) is 7.74. The van der Waals surface area contributed by atoms with Crippen LogP contribution in [0.15, 0.2) is 48.0 Å². The molecule has 2 N–H and O–H groups in total. The van der Waals surface area contributed by atoms with E-state index in [9.17, 15) is 0 Å². The van der Waals surface area contributed by atoms with Gasteiger partial charge in [-0.1, -0.05) is 11.3 Å². The lowest BCUT2D eigenvalue weighted by Gasteiger charge is -2.13. The lowest BCUT2D eigenvalue weighted by Crippen LogP contribution is -2.19. The van der Waals surface area contributed by atoms with Crippen LogP contribution in [0.25, 0.3) is 10.9 Å². The maximum Gasteiger partial charge on any atom is 0.229 e. The van der Waals surface area contributed by atoms with E-state index >= 15 is 0 Å². The Kier molecular flexibility index (Phi) is 6.16. The Morgan fingerprint density at radius 3 is 2.65 bits per heavy atom. The molecule has 9 nitrogen and oxygen atoms in total. The zero-order valence-electron chi connectivity index (χ0n) is 17.0. The Balaban J connectivity index is 1.67. The molecule has 0 bridgehead atoms. The van der Waals surface area contributed by atoms with E-state index in [0.717, 1.165) is 28.9 Å². The van der Waals surface area contributed by atoms with Gasteiger partial charge < -0.3 is 20.3 Å². The van der Waals surface area contributed by atoms with E-state index in [1.807, 2.05) is 44.4 Å². The highest BCUT2D eigenvalue weighted by Gasteiger charge is 2.11. The smallest absolute Gasteiger partial charge is 0.229 e. The molecule has 0 saturated carbocycles. The molecule has 2 heterocycles. The number of nitriles is 1. The van der Waals surface area contributed by atoms with Gasteiger partial charge in [-0.15, -0.1) is 10.2 Å². The third-order valence-corrected chi connectivity index (χ3v) is 4.94. The van der Waals surface area contributed by atoms with E-state index in [2.05, 4.69) is 41.8 Å². The van der Waals surface area contributed by atoms with Crippen LogP contribution in [-0.4, -0.2) is 52.3 Å². The van der Waals surface area contributed by atoms with E-state index in [0.29, 0.717) is 29.1 Å². The molecule has 4 rings (SSSR count). The number of aromatic nitrogens is 4. The quantitative estimate of drug-likeness (QED) is 0.429. The lowest BCUT2D eigenvalue weighted by atomic mass is 10.2. The summed E-state index contributed by atoms with van der Waals surface area (Å²) < 4.78 is 5.86. The fraction of sp³-hybridized carbons (Fsp3) is 0.190. The lowest BCUT2D eigenvalue weighted by molar-refractivity contribution is 0.261. The zero-order valence-corrected chi connectivity index (χ0v) is 17.8. The van der Waals surface area contributed by atoms with E-state index in [-0.39, 0.29) is 0 Å². The van der Waals surface area contributed by atoms with Crippen molar-refractivity contribution in [2.75, 3.05) is 37.9 Å². The van der Waals surface area contributed by atoms with Gasteiger partial charge in [-0.2, -0.15) is 10.2 Å². The van der Waals surface area contributed by atoms with Gasteiger partial charge in [-0.05, 0) is 50.5 Å².